The van der Waals surface area contributed by atoms with Gasteiger partial charge in [0.05, 0.1) is 6.33 Å². The topological polar surface area (TPSA) is 61.0 Å². The molecule has 0 saturated heterocycles. The predicted octanol–water partition coefficient (Wildman–Crippen LogP) is 1.72. The van der Waals surface area contributed by atoms with E-state index in [4.69, 9.17) is 0 Å². The molecule has 2 rings (SSSR count). The Kier molecular flexibility index (Phi) is 2.99. The van der Waals surface area contributed by atoms with E-state index in [1.165, 1.54) is 0 Å². The molecule has 0 N–H and O–H groups in total. The summed E-state index contributed by atoms with van der Waals surface area (Å²) < 4.78 is 2.01. The number of imidazole rings is 1. The van der Waals surface area contributed by atoms with Crippen molar-refractivity contribution in [1.29, 1.82) is 0 Å². The van der Waals surface area contributed by atoms with Crippen LogP contribution in [0.1, 0.15) is 25.7 Å². The molecule has 0 bridgehead atoms. The monoisotopic (exact) mass is 209 g/mol. The first-order valence-corrected chi connectivity index (χ1v) is 5.35. The summed E-state index contributed by atoms with van der Waals surface area (Å²) in [5.41, 5.74) is 0. The molecule has 0 spiro atoms. The molecule has 2 unspecified atom stereocenters. The van der Waals surface area contributed by atoms with Crippen LogP contribution in [0.5, 0.6) is 0 Å². The van der Waals surface area contributed by atoms with Crippen molar-refractivity contribution < 1.29 is 4.92 Å². The first kappa shape index (κ1) is 10.1. The minimum atomic E-state index is -0.327. The quantitative estimate of drug-likeness (QED) is 0.562. The summed E-state index contributed by atoms with van der Waals surface area (Å²) in [6.45, 7) is 0.865. The van der Waals surface area contributed by atoms with E-state index in [0.717, 1.165) is 25.8 Å². The molecular weight excluding hydrogens is 194 g/mol. The van der Waals surface area contributed by atoms with E-state index >= 15 is 0 Å². The molecule has 1 aliphatic carbocycles. The van der Waals surface area contributed by atoms with Crippen LogP contribution in [0.15, 0.2) is 18.7 Å². The molecule has 1 aromatic heterocycles. The van der Waals surface area contributed by atoms with Crippen molar-refractivity contribution in [3.8, 4) is 0 Å². The van der Waals surface area contributed by atoms with Crippen molar-refractivity contribution in [2.75, 3.05) is 0 Å². The third-order valence-corrected chi connectivity index (χ3v) is 3.08. The lowest BCUT2D eigenvalue weighted by Gasteiger charge is -2.24. The fourth-order valence-electron chi connectivity index (χ4n) is 2.31. The van der Waals surface area contributed by atoms with Crippen molar-refractivity contribution in [3.63, 3.8) is 0 Å². The summed E-state index contributed by atoms with van der Waals surface area (Å²) in [5.74, 6) is 0.434. The molecule has 0 aliphatic heterocycles. The fourth-order valence-corrected chi connectivity index (χ4v) is 2.31. The molecule has 1 heterocycles. The highest BCUT2D eigenvalue weighted by Gasteiger charge is 2.29. The van der Waals surface area contributed by atoms with Gasteiger partial charge in [0.15, 0.2) is 0 Å². The Labute approximate surface area is 88.3 Å². The Morgan fingerprint density at radius 2 is 2.40 bits per heavy atom. The van der Waals surface area contributed by atoms with Crippen LogP contribution in [0.2, 0.25) is 0 Å². The Bertz CT molecular complexity index is 323. The molecule has 2 atom stereocenters. The maximum absolute atomic E-state index is 10.7. The first-order chi connectivity index (χ1) is 7.25. The van der Waals surface area contributed by atoms with Gasteiger partial charge < -0.3 is 4.57 Å². The van der Waals surface area contributed by atoms with E-state index < -0.39 is 0 Å². The largest absolute Gasteiger partial charge is 0.337 e. The first-order valence-electron chi connectivity index (χ1n) is 5.35. The lowest BCUT2D eigenvalue weighted by molar-refractivity contribution is -0.528. The van der Waals surface area contributed by atoms with Crippen LogP contribution in [0.3, 0.4) is 0 Å². The third-order valence-electron chi connectivity index (χ3n) is 3.08. The Morgan fingerprint density at radius 1 is 1.53 bits per heavy atom. The van der Waals surface area contributed by atoms with Crippen molar-refractivity contribution >= 4 is 0 Å². The zero-order chi connectivity index (χ0) is 10.7. The van der Waals surface area contributed by atoms with Gasteiger partial charge in [0.1, 0.15) is 0 Å². The second-order valence-electron chi connectivity index (χ2n) is 4.23. The molecule has 1 aromatic rings. The predicted molar refractivity (Wildman–Crippen MR) is 55.0 cm³/mol. The Morgan fingerprint density at radius 3 is 3.07 bits per heavy atom. The SMILES string of the molecule is O=[N+]([O-])C1CCCC(Cn2ccnc2)C1. The second-order valence-corrected chi connectivity index (χ2v) is 4.23. The summed E-state index contributed by atoms with van der Waals surface area (Å²) in [5, 5.41) is 10.7. The normalized spacial score (nSPS) is 26.4. The molecule has 1 saturated carbocycles. The minimum absolute atomic E-state index is 0.125. The van der Waals surface area contributed by atoms with Crippen LogP contribution >= 0.6 is 0 Å². The Hall–Kier alpha value is -1.39. The maximum atomic E-state index is 10.7. The molecule has 82 valence electrons. The van der Waals surface area contributed by atoms with E-state index in [1.807, 2.05) is 10.8 Å². The molecule has 5 heteroatoms. The standard InChI is InChI=1S/C10H15N3O2/c14-13(15)10-3-1-2-9(6-10)7-12-5-4-11-8-12/h4-5,8-10H,1-3,6-7H2. The molecule has 5 nitrogen and oxygen atoms in total. The van der Waals surface area contributed by atoms with Crippen molar-refractivity contribution in [2.24, 2.45) is 5.92 Å². The van der Waals surface area contributed by atoms with Crippen LogP contribution in [-0.4, -0.2) is 20.5 Å². The van der Waals surface area contributed by atoms with Crippen LogP contribution < -0.4 is 0 Å². The van der Waals surface area contributed by atoms with Crippen molar-refractivity contribution in [2.45, 2.75) is 38.3 Å². The van der Waals surface area contributed by atoms with Crippen LogP contribution in [-0.2, 0) is 6.54 Å². The van der Waals surface area contributed by atoms with Gasteiger partial charge in [-0.1, -0.05) is 0 Å². The van der Waals surface area contributed by atoms with Crippen molar-refractivity contribution in [1.82, 2.24) is 9.55 Å². The van der Waals surface area contributed by atoms with E-state index in [0.29, 0.717) is 12.3 Å². The van der Waals surface area contributed by atoms with Gasteiger partial charge in [-0.3, -0.25) is 10.1 Å². The molecule has 15 heavy (non-hydrogen) atoms. The number of hydrogen-bond acceptors (Lipinski definition) is 3. The van der Waals surface area contributed by atoms with Gasteiger partial charge in [-0.15, -0.1) is 0 Å². The fraction of sp³-hybridized carbons (Fsp3) is 0.700. The lowest BCUT2D eigenvalue weighted by Crippen LogP contribution is -2.29. The second kappa shape index (κ2) is 4.42. The van der Waals surface area contributed by atoms with E-state index in [9.17, 15) is 10.1 Å². The van der Waals surface area contributed by atoms with Crippen LogP contribution in [0, 0.1) is 16.0 Å². The summed E-state index contributed by atoms with van der Waals surface area (Å²) in [4.78, 5) is 14.5. The van der Waals surface area contributed by atoms with Gasteiger partial charge in [0, 0.05) is 36.7 Å². The van der Waals surface area contributed by atoms with E-state index in [-0.39, 0.29) is 11.0 Å². The highest BCUT2D eigenvalue weighted by molar-refractivity contribution is 4.79. The molecular formula is C10H15N3O2. The number of rotatable bonds is 3. The van der Waals surface area contributed by atoms with Gasteiger partial charge in [0.2, 0.25) is 6.04 Å². The van der Waals surface area contributed by atoms with E-state index in [2.05, 4.69) is 4.98 Å². The molecule has 1 fully saturated rings. The average molecular weight is 209 g/mol. The number of nitro groups is 1. The summed E-state index contributed by atoms with van der Waals surface area (Å²) in [6, 6.07) is -0.327. The zero-order valence-corrected chi connectivity index (χ0v) is 8.58. The summed E-state index contributed by atoms with van der Waals surface area (Å²) in [7, 11) is 0. The molecule has 0 amide bonds. The summed E-state index contributed by atoms with van der Waals surface area (Å²) >= 11 is 0. The molecule has 1 aliphatic rings. The van der Waals surface area contributed by atoms with Gasteiger partial charge >= 0.3 is 0 Å². The minimum Gasteiger partial charge on any atom is -0.337 e. The van der Waals surface area contributed by atoms with Gasteiger partial charge in [0.25, 0.3) is 0 Å². The smallest absolute Gasteiger partial charge is 0.213 e. The third kappa shape index (κ3) is 2.55. The Balaban J connectivity index is 1.90. The van der Waals surface area contributed by atoms with Crippen molar-refractivity contribution in [3.05, 3.63) is 28.8 Å². The van der Waals surface area contributed by atoms with Gasteiger partial charge in [-0.05, 0) is 18.8 Å². The molecule has 0 radical (unpaired) electrons. The highest BCUT2D eigenvalue weighted by atomic mass is 16.6. The number of hydrogen-bond donors (Lipinski definition) is 0. The zero-order valence-electron chi connectivity index (χ0n) is 8.58. The highest BCUT2D eigenvalue weighted by Crippen LogP contribution is 2.27. The average Bonchev–Trinajstić information content (AvgIpc) is 2.71. The van der Waals surface area contributed by atoms with Crippen LogP contribution in [0.4, 0.5) is 0 Å². The van der Waals surface area contributed by atoms with Crippen LogP contribution in [0.25, 0.3) is 0 Å². The molecule has 0 aromatic carbocycles. The van der Waals surface area contributed by atoms with E-state index in [1.54, 1.807) is 12.5 Å². The summed E-state index contributed by atoms with van der Waals surface area (Å²) in [6.07, 6.45) is 8.96. The number of aromatic nitrogens is 2. The number of nitrogens with zero attached hydrogens (tertiary/aromatic N) is 3. The lowest BCUT2D eigenvalue weighted by atomic mass is 9.86. The van der Waals surface area contributed by atoms with Gasteiger partial charge in [-0.2, -0.15) is 0 Å². The van der Waals surface area contributed by atoms with Gasteiger partial charge in [-0.25, -0.2) is 4.98 Å². The maximum Gasteiger partial charge on any atom is 0.213 e.